The number of nitrogens with two attached hydrogens (primary N) is 1. The number of carbonyl (C=O) groups is 1. The quantitative estimate of drug-likeness (QED) is 0.226. The molecule has 1 amide bonds. The fraction of sp³-hybridized carbons (Fsp3) is 0.250. The first-order valence-electron chi connectivity index (χ1n) is 11.8. The van der Waals surface area contributed by atoms with Crippen LogP contribution in [0.4, 0.5) is 5.82 Å². The summed E-state index contributed by atoms with van der Waals surface area (Å²) in [4.78, 5) is 15.3. The Balaban J connectivity index is 1.28. The standard InChI is InChI=1S/C24H23Cl2N9O4/c25-17-5-4-16(19(26)11-17)14-38-18-3-1-2-15(10-18)12-28-30-24(36)21-20(13-34-6-8-37-9-7-34)29-33-35(21)23-22(27)31-39-32-23/h1-5,10-12H,6-9,13-14H2,(H2,27,31)(H,30,36)/b28-12+. The lowest BCUT2D eigenvalue weighted by Crippen LogP contribution is -2.36. The molecule has 0 bridgehead atoms. The molecule has 2 aromatic heterocycles. The monoisotopic (exact) mass is 571 g/mol. The maximum Gasteiger partial charge on any atom is 0.292 e. The second kappa shape index (κ2) is 12.2. The summed E-state index contributed by atoms with van der Waals surface area (Å²) < 4.78 is 17.1. The van der Waals surface area contributed by atoms with Gasteiger partial charge in [0.2, 0.25) is 11.6 Å². The number of ether oxygens (including phenoxy) is 2. The molecule has 0 radical (unpaired) electrons. The number of morpholine rings is 1. The SMILES string of the molecule is Nc1nonc1-n1nnc(CN2CCOCC2)c1C(=O)N/N=C/c1cccc(OCc2ccc(Cl)cc2Cl)c1. The molecule has 5 rings (SSSR count). The van der Waals surface area contributed by atoms with Crippen molar-refractivity contribution in [3.05, 3.63) is 75.0 Å². The lowest BCUT2D eigenvalue weighted by atomic mass is 10.2. The highest BCUT2D eigenvalue weighted by Crippen LogP contribution is 2.23. The summed E-state index contributed by atoms with van der Waals surface area (Å²) in [5.74, 6) is 0.0506. The van der Waals surface area contributed by atoms with Crippen LogP contribution in [0.5, 0.6) is 5.75 Å². The maximum atomic E-state index is 13.2. The molecule has 0 saturated carbocycles. The van der Waals surface area contributed by atoms with E-state index in [1.807, 2.05) is 12.1 Å². The van der Waals surface area contributed by atoms with Crippen LogP contribution < -0.4 is 15.9 Å². The number of halogens is 2. The Bertz CT molecular complexity index is 1480. The van der Waals surface area contributed by atoms with Crippen LogP contribution in [0, 0.1) is 0 Å². The summed E-state index contributed by atoms with van der Waals surface area (Å²) in [6, 6.07) is 12.4. The molecule has 13 nitrogen and oxygen atoms in total. The largest absolute Gasteiger partial charge is 0.489 e. The van der Waals surface area contributed by atoms with Crippen molar-refractivity contribution in [1.82, 2.24) is 35.6 Å². The highest BCUT2D eigenvalue weighted by molar-refractivity contribution is 6.35. The molecule has 1 aliphatic rings. The summed E-state index contributed by atoms with van der Waals surface area (Å²) in [6.07, 6.45) is 1.49. The number of hydrogen-bond acceptors (Lipinski definition) is 11. The highest BCUT2D eigenvalue weighted by Gasteiger charge is 2.26. The lowest BCUT2D eigenvalue weighted by molar-refractivity contribution is 0.0335. The van der Waals surface area contributed by atoms with Crippen molar-refractivity contribution in [3.8, 4) is 11.6 Å². The van der Waals surface area contributed by atoms with Crippen molar-refractivity contribution >= 4 is 41.1 Å². The summed E-state index contributed by atoms with van der Waals surface area (Å²) in [5.41, 5.74) is 10.4. The van der Waals surface area contributed by atoms with Crippen molar-refractivity contribution in [2.45, 2.75) is 13.2 Å². The van der Waals surface area contributed by atoms with Crippen LogP contribution >= 0.6 is 23.2 Å². The minimum atomic E-state index is -0.563. The number of aromatic nitrogens is 5. The van der Waals surface area contributed by atoms with E-state index in [1.165, 1.54) is 10.9 Å². The predicted octanol–water partition coefficient (Wildman–Crippen LogP) is 2.71. The van der Waals surface area contributed by atoms with Crippen LogP contribution in [0.2, 0.25) is 10.0 Å². The van der Waals surface area contributed by atoms with Gasteiger partial charge in [-0.2, -0.15) is 9.78 Å². The van der Waals surface area contributed by atoms with Gasteiger partial charge in [0.25, 0.3) is 5.91 Å². The van der Waals surface area contributed by atoms with Gasteiger partial charge in [-0.15, -0.1) is 5.10 Å². The summed E-state index contributed by atoms with van der Waals surface area (Å²) >= 11 is 12.2. The molecular formula is C24H23Cl2N9O4. The number of benzene rings is 2. The van der Waals surface area contributed by atoms with Crippen LogP contribution in [-0.4, -0.2) is 68.6 Å². The van der Waals surface area contributed by atoms with Crippen molar-refractivity contribution in [2.75, 3.05) is 32.0 Å². The molecule has 3 heterocycles. The molecule has 1 fully saturated rings. The molecule has 1 aliphatic heterocycles. The number of hydrazone groups is 1. The van der Waals surface area contributed by atoms with E-state index in [-0.39, 0.29) is 23.9 Å². The molecule has 4 aromatic rings. The molecule has 0 unspecified atom stereocenters. The minimum absolute atomic E-state index is 0.0351. The molecule has 0 aliphatic carbocycles. The minimum Gasteiger partial charge on any atom is -0.489 e. The van der Waals surface area contributed by atoms with Crippen molar-refractivity contribution in [2.24, 2.45) is 5.10 Å². The van der Waals surface area contributed by atoms with Gasteiger partial charge in [0.1, 0.15) is 18.1 Å². The average Bonchev–Trinajstić information content (AvgIpc) is 3.54. The molecule has 202 valence electrons. The number of anilines is 1. The van der Waals surface area contributed by atoms with Gasteiger partial charge >= 0.3 is 0 Å². The first-order chi connectivity index (χ1) is 19.0. The average molecular weight is 572 g/mol. The van der Waals surface area contributed by atoms with E-state index in [2.05, 4.69) is 40.7 Å². The van der Waals surface area contributed by atoms with E-state index in [1.54, 1.807) is 30.3 Å². The molecule has 0 atom stereocenters. The third-order valence-corrected chi connectivity index (χ3v) is 6.36. The van der Waals surface area contributed by atoms with Gasteiger partial charge in [-0.25, -0.2) is 10.1 Å². The Hall–Kier alpha value is -4.04. The van der Waals surface area contributed by atoms with Gasteiger partial charge in [0.05, 0.1) is 19.4 Å². The molecule has 1 saturated heterocycles. The third-order valence-electron chi connectivity index (χ3n) is 5.78. The van der Waals surface area contributed by atoms with E-state index in [0.29, 0.717) is 59.9 Å². The molecule has 0 spiro atoms. The predicted molar refractivity (Wildman–Crippen MR) is 142 cm³/mol. The van der Waals surface area contributed by atoms with Gasteiger partial charge in [-0.1, -0.05) is 46.6 Å². The summed E-state index contributed by atoms with van der Waals surface area (Å²) in [7, 11) is 0. The molecule has 15 heteroatoms. The lowest BCUT2D eigenvalue weighted by Gasteiger charge is -2.25. The van der Waals surface area contributed by atoms with Crippen LogP contribution in [0.1, 0.15) is 27.3 Å². The van der Waals surface area contributed by atoms with Crippen LogP contribution in [0.15, 0.2) is 52.2 Å². The van der Waals surface area contributed by atoms with Gasteiger partial charge in [0.15, 0.2) is 5.69 Å². The topological polar surface area (TPSA) is 159 Å². The van der Waals surface area contributed by atoms with Crippen LogP contribution in [-0.2, 0) is 17.9 Å². The van der Waals surface area contributed by atoms with Crippen molar-refractivity contribution in [1.29, 1.82) is 0 Å². The number of nitrogens with zero attached hydrogens (tertiary/aromatic N) is 7. The smallest absolute Gasteiger partial charge is 0.292 e. The Morgan fingerprint density at radius 3 is 2.79 bits per heavy atom. The maximum absolute atomic E-state index is 13.2. The molecule has 2 aromatic carbocycles. The second-order valence-corrected chi connectivity index (χ2v) is 9.30. The van der Waals surface area contributed by atoms with Gasteiger partial charge < -0.3 is 15.2 Å². The zero-order valence-corrected chi connectivity index (χ0v) is 22.0. The van der Waals surface area contributed by atoms with E-state index in [0.717, 1.165) is 5.56 Å². The molecular weight excluding hydrogens is 549 g/mol. The van der Waals surface area contributed by atoms with E-state index < -0.39 is 5.91 Å². The van der Waals surface area contributed by atoms with Gasteiger partial charge in [0, 0.05) is 35.2 Å². The fourth-order valence-corrected chi connectivity index (χ4v) is 4.27. The van der Waals surface area contributed by atoms with E-state index in [9.17, 15) is 4.79 Å². The first kappa shape index (κ1) is 26.6. The number of nitrogen functional groups attached to an aromatic ring is 1. The zero-order valence-electron chi connectivity index (χ0n) is 20.5. The first-order valence-corrected chi connectivity index (χ1v) is 12.6. The Morgan fingerprint density at radius 1 is 1.18 bits per heavy atom. The number of rotatable bonds is 9. The summed E-state index contributed by atoms with van der Waals surface area (Å²) in [5, 5.41) is 20.7. The van der Waals surface area contributed by atoms with Crippen LogP contribution in [0.25, 0.3) is 5.82 Å². The van der Waals surface area contributed by atoms with E-state index >= 15 is 0 Å². The Labute approximate surface area is 232 Å². The normalized spacial score (nSPS) is 14.1. The third kappa shape index (κ3) is 6.52. The number of hydrogen-bond donors (Lipinski definition) is 2. The second-order valence-electron chi connectivity index (χ2n) is 8.45. The molecule has 39 heavy (non-hydrogen) atoms. The van der Waals surface area contributed by atoms with Crippen LogP contribution in [0.3, 0.4) is 0 Å². The number of nitrogens with one attached hydrogen (secondary N) is 1. The van der Waals surface area contributed by atoms with Crippen molar-refractivity contribution < 1.29 is 18.9 Å². The van der Waals surface area contributed by atoms with Gasteiger partial charge in [-0.05, 0) is 40.1 Å². The van der Waals surface area contributed by atoms with Crippen molar-refractivity contribution in [3.63, 3.8) is 0 Å². The zero-order chi connectivity index (χ0) is 27.2. The Kier molecular flexibility index (Phi) is 8.32. The van der Waals surface area contributed by atoms with Gasteiger partial charge in [-0.3, -0.25) is 9.69 Å². The summed E-state index contributed by atoms with van der Waals surface area (Å²) in [6.45, 7) is 3.21. The number of amides is 1. The number of carbonyl (C=O) groups excluding carboxylic acids is 1. The van der Waals surface area contributed by atoms with E-state index in [4.69, 9.17) is 38.4 Å². The Morgan fingerprint density at radius 2 is 2.03 bits per heavy atom. The highest BCUT2D eigenvalue weighted by atomic mass is 35.5. The fourth-order valence-electron chi connectivity index (χ4n) is 3.81. The molecule has 3 N–H and O–H groups in total.